The minimum absolute atomic E-state index is 0.0507. The smallest absolute Gasteiger partial charge is 0.257 e. The van der Waals surface area contributed by atoms with Crippen molar-refractivity contribution in [2.45, 2.75) is 18.9 Å². The summed E-state index contributed by atoms with van der Waals surface area (Å²) < 4.78 is 1.70. The van der Waals surface area contributed by atoms with Crippen LogP contribution in [0, 0.1) is 0 Å². The number of amides is 1. The van der Waals surface area contributed by atoms with Gasteiger partial charge in [0.2, 0.25) is 0 Å². The minimum atomic E-state index is 0.0507. The lowest BCUT2D eigenvalue weighted by Gasteiger charge is -2.31. The summed E-state index contributed by atoms with van der Waals surface area (Å²) in [6.07, 6.45) is 5.39. The van der Waals surface area contributed by atoms with E-state index in [1.807, 2.05) is 36.2 Å². The van der Waals surface area contributed by atoms with Crippen LogP contribution < -0.4 is 5.32 Å². The van der Waals surface area contributed by atoms with E-state index in [-0.39, 0.29) is 5.91 Å². The Hall–Kier alpha value is -1.85. The first-order chi connectivity index (χ1) is 10.7. The fraction of sp³-hybridized carbons (Fsp3) is 0.375. The van der Waals surface area contributed by atoms with E-state index in [1.165, 1.54) is 0 Å². The lowest BCUT2D eigenvalue weighted by molar-refractivity contribution is 0.0707. The van der Waals surface area contributed by atoms with Gasteiger partial charge in [-0.05, 0) is 44.2 Å². The van der Waals surface area contributed by atoms with Gasteiger partial charge in [0, 0.05) is 30.4 Å². The molecule has 0 aliphatic carbocycles. The summed E-state index contributed by atoms with van der Waals surface area (Å²) in [5, 5.41) is 8.23. The molecule has 5 nitrogen and oxygen atoms in total. The Labute approximate surface area is 134 Å². The number of nitrogens with one attached hydrogen (secondary N) is 1. The summed E-state index contributed by atoms with van der Waals surface area (Å²) in [5.74, 6) is 0.0507. The molecule has 0 unspecified atom stereocenters. The van der Waals surface area contributed by atoms with Crippen LogP contribution in [-0.2, 0) is 0 Å². The van der Waals surface area contributed by atoms with Crippen molar-refractivity contribution < 1.29 is 4.79 Å². The zero-order valence-electron chi connectivity index (χ0n) is 12.5. The minimum Gasteiger partial charge on any atom is -0.338 e. The molecule has 22 heavy (non-hydrogen) atoms. The first-order valence-corrected chi connectivity index (χ1v) is 7.82. The van der Waals surface area contributed by atoms with E-state index < -0.39 is 0 Å². The van der Waals surface area contributed by atoms with Crippen molar-refractivity contribution in [2.24, 2.45) is 0 Å². The molecule has 1 aromatic heterocycles. The quantitative estimate of drug-likeness (QED) is 0.945. The number of piperidine rings is 1. The summed E-state index contributed by atoms with van der Waals surface area (Å²) >= 11 is 5.88. The van der Waals surface area contributed by atoms with Crippen LogP contribution >= 0.6 is 11.6 Å². The molecule has 0 atom stereocenters. The van der Waals surface area contributed by atoms with E-state index in [0.29, 0.717) is 16.6 Å². The van der Waals surface area contributed by atoms with E-state index in [0.717, 1.165) is 31.6 Å². The van der Waals surface area contributed by atoms with Gasteiger partial charge in [-0.2, -0.15) is 5.10 Å². The summed E-state index contributed by atoms with van der Waals surface area (Å²) in [6, 6.07) is 7.88. The lowest BCUT2D eigenvalue weighted by Crippen LogP contribution is -2.43. The molecule has 6 heteroatoms. The maximum atomic E-state index is 12.5. The van der Waals surface area contributed by atoms with Crippen molar-refractivity contribution in [3.8, 4) is 5.69 Å². The lowest BCUT2D eigenvalue weighted by atomic mass is 10.0. The van der Waals surface area contributed by atoms with Gasteiger partial charge in [-0.15, -0.1) is 0 Å². The fourth-order valence-electron chi connectivity index (χ4n) is 2.72. The maximum Gasteiger partial charge on any atom is 0.257 e. The molecule has 1 fully saturated rings. The summed E-state index contributed by atoms with van der Waals surface area (Å²) in [5.41, 5.74) is 1.51. The Morgan fingerprint density at radius 2 is 1.95 bits per heavy atom. The summed E-state index contributed by atoms with van der Waals surface area (Å²) in [6.45, 7) is 1.58. The average molecular weight is 319 g/mol. The molecule has 0 radical (unpaired) electrons. The van der Waals surface area contributed by atoms with E-state index in [2.05, 4.69) is 10.4 Å². The van der Waals surface area contributed by atoms with Crippen molar-refractivity contribution in [1.82, 2.24) is 20.0 Å². The molecular weight excluding hydrogens is 300 g/mol. The van der Waals surface area contributed by atoms with Gasteiger partial charge in [-0.1, -0.05) is 11.6 Å². The number of halogens is 1. The SMILES string of the molecule is CNC1CCN(C(=O)c2cnn(-c3ccc(Cl)cc3)c2)CC1. The second-order valence-corrected chi connectivity index (χ2v) is 5.94. The van der Waals surface area contributed by atoms with Crippen molar-refractivity contribution in [3.05, 3.63) is 47.2 Å². The topological polar surface area (TPSA) is 50.2 Å². The van der Waals surface area contributed by atoms with Crippen molar-refractivity contribution in [2.75, 3.05) is 20.1 Å². The molecule has 1 amide bonds. The van der Waals surface area contributed by atoms with Crippen LogP contribution in [0.25, 0.3) is 5.69 Å². The van der Waals surface area contributed by atoms with Crippen molar-refractivity contribution in [3.63, 3.8) is 0 Å². The number of nitrogens with zero attached hydrogens (tertiary/aromatic N) is 3. The average Bonchev–Trinajstić information content (AvgIpc) is 3.05. The predicted molar refractivity (Wildman–Crippen MR) is 86.6 cm³/mol. The van der Waals surface area contributed by atoms with Crippen LogP contribution in [0.1, 0.15) is 23.2 Å². The largest absolute Gasteiger partial charge is 0.338 e. The first-order valence-electron chi connectivity index (χ1n) is 7.44. The Morgan fingerprint density at radius 3 is 2.59 bits per heavy atom. The van der Waals surface area contributed by atoms with Crippen molar-refractivity contribution >= 4 is 17.5 Å². The van der Waals surface area contributed by atoms with Crippen LogP contribution in [0.2, 0.25) is 5.02 Å². The van der Waals surface area contributed by atoms with Gasteiger partial charge in [-0.25, -0.2) is 4.68 Å². The highest BCUT2D eigenvalue weighted by Crippen LogP contribution is 2.16. The molecule has 1 aliphatic heterocycles. The van der Waals surface area contributed by atoms with Crippen LogP contribution in [-0.4, -0.2) is 46.8 Å². The number of likely N-dealkylation sites (tertiary alicyclic amines) is 1. The number of carbonyl (C=O) groups is 1. The van der Waals surface area contributed by atoms with Crippen molar-refractivity contribution in [1.29, 1.82) is 0 Å². The normalized spacial score (nSPS) is 16.0. The molecule has 3 rings (SSSR count). The Bertz CT molecular complexity index is 644. The van der Waals surface area contributed by atoms with Gasteiger partial charge in [0.25, 0.3) is 5.91 Å². The van der Waals surface area contributed by atoms with E-state index in [4.69, 9.17) is 11.6 Å². The molecular formula is C16H19ClN4O. The summed E-state index contributed by atoms with van der Waals surface area (Å²) in [4.78, 5) is 14.4. The van der Waals surface area contributed by atoms with Crippen LogP contribution in [0.3, 0.4) is 0 Å². The molecule has 0 bridgehead atoms. The van der Waals surface area contributed by atoms with Crippen LogP contribution in [0.4, 0.5) is 0 Å². The Kier molecular flexibility index (Phi) is 4.45. The highest BCUT2D eigenvalue weighted by molar-refractivity contribution is 6.30. The number of carbonyl (C=O) groups excluding carboxylic acids is 1. The van der Waals surface area contributed by atoms with Gasteiger partial charge in [0.15, 0.2) is 0 Å². The molecule has 1 N–H and O–H groups in total. The second kappa shape index (κ2) is 6.50. The molecule has 1 aromatic carbocycles. The van der Waals surface area contributed by atoms with E-state index >= 15 is 0 Å². The van der Waals surface area contributed by atoms with Gasteiger partial charge in [-0.3, -0.25) is 4.79 Å². The third kappa shape index (κ3) is 3.15. The van der Waals surface area contributed by atoms with Crippen LogP contribution in [0.15, 0.2) is 36.7 Å². The molecule has 2 heterocycles. The van der Waals surface area contributed by atoms with Gasteiger partial charge >= 0.3 is 0 Å². The Balaban J connectivity index is 1.71. The van der Waals surface area contributed by atoms with Gasteiger partial charge < -0.3 is 10.2 Å². The maximum absolute atomic E-state index is 12.5. The molecule has 1 aliphatic rings. The third-order valence-corrected chi connectivity index (χ3v) is 4.36. The van der Waals surface area contributed by atoms with Gasteiger partial charge in [0.1, 0.15) is 0 Å². The molecule has 2 aromatic rings. The number of hydrogen-bond acceptors (Lipinski definition) is 3. The first kappa shape index (κ1) is 15.1. The van der Waals surface area contributed by atoms with Crippen LogP contribution in [0.5, 0.6) is 0 Å². The monoisotopic (exact) mass is 318 g/mol. The molecule has 0 saturated carbocycles. The summed E-state index contributed by atoms with van der Waals surface area (Å²) in [7, 11) is 1.97. The molecule has 0 spiro atoms. The number of rotatable bonds is 3. The fourth-order valence-corrected chi connectivity index (χ4v) is 2.85. The Morgan fingerprint density at radius 1 is 1.27 bits per heavy atom. The highest BCUT2D eigenvalue weighted by Gasteiger charge is 2.23. The second-order valence-electron chi connectivity index (χ2n) is 5.51. The zero-order chi connectivity index (χ0) is 15.5. The third-order valence-electron chi connectivity index (χ3n) is 4.11. The standard InChI is InChI=1S/C16H19ClN4O/c1-18-14-6-8-20(9-7-14)16(22)12-10-19-21(11-12)15-4-2-13(17)3-5-15/h2-5,10-11,14,18H,6-9H2,1H3. The number of hydrogen-bond donors (Lipinski definition) is 1. The van der Waals surface area contributed by atoms with E-state index in [9.17, 15) is 4.79 Å². The predicted octanol–water partition coefficient (Wildman–Crippen LogP) is 2.35. The van der Waals surface area contributed by atoms with E-state index in [1.54, 1.807) is 17.1 Å². The molecule has 116 valence electrons. The highest BCUT2D eigenvalue weighted by atomic mass is 35.5. The van der Waals surface area contributed by atoms with Gasteiger partial charge in [0.05, 0.1) is 17.4 Å². The number of aromatic nitrogens is 2. The molecule has 1 saturated heterocycles. The number of benzene rings is 1. The zero-order valence-corrected chi connectivity index (χ0v) is 13.3.